The van der Waals surface area contributed by atoms with Gasteiger partial charge >= 0.3 is 0 Å². The Bertz CT molecular complexity index is 432. The molecule has 0 N–H and O–H groups in total. The highest BCUT2D eigenvalue weighted by Crippen LogP contribution is 2.27. The van der Waals surface area contributed by atoms with E-state index in [0.717, 1.165) is 26.1 Å². The molecule has 1 aliphatic rings. The molecule has 20 heavy (non-hydrogen) atoms. The van der Waals surface area contributed by atoms with E-state index >= 15 is 0 Å². The largest absolute Gasteiger partial charge is 0.492 e. The van der Waals surface area contributed by atoms with Crippen LogP contribution in [0, 0.1) is 0 Å². The second kappa shape index (κ2) is 7.51. The van der Waals surface area contributed by atoms with Crippen molar-refractivity contribution in [1.29, 1.82) is 0 Å². The predicted molar refractivity (Wildman–Crippen MR) is 83.0 cm³/mol. The second-order valence-electron chi connectivity index (χ2n) is 5.29. The van der Waals surface area contributed by atoms with Crippen molar-refractivity contribution in [1.82, 2.24) is 4.90 Å². The quantitative estimate of drug-likeness (QED) is 0.769. The van der Waals surface area contributed by atoms with Gasteiger partial charge in [0.15, 0.2) is 0 Å². The minimum absolute atomic E-state index is 0.307. The maximum atomic E-state index is 6.05. The SMILES string of the molecule is C[C@H]1CN(CCCOc2cc(Cl)ccc2Cl)C[C@H](C)O1. The van der Waals surface area contributed by atoms with E-state index in [0.29, 0.717) is 34.6 Å². The van der Waals surface area contributed by atoms with Crippen molar-refractivity contribution in [3.63, 3.8) is 0 Å². The molecular weight excluding hydrogens is 297 g/mol. The van der Waals surface area contributed by atoms with Crippen LogP contribution in [0.4, 0.5) is 0 Å². The van der Waals surface area contributed by atoms with Crippen LogP contribution < -0.4 is 4.74 Å². The van der Waals surface area contributed by atoms with Crippen LogP contribution >= 0.6 is 23.2 Å². The highest BCUT2D eigenvalue weighted by atomic mass is 35.5. The lowest BCUT2D eigenvalue weighted by molar-refractivity contribution is -0.0686. The van der Waals surface area contributed by atoms with Crippen molar-refractivity contribution in [2.24, 2.45) is 0 Å². The summed E-state index contributed by atoms with van der Waals surface area (Å²) in [6.07, 6.45) is 1.58. The molecule has 0 bridgehead atoms. The Balaban J connectivity index is 1.72. The molecule has 1 aromatic carbocycles. The fraction of sp³-hybridized carbons (Fsp3) is 0.600. The number of rotatable bonds is 5. The van der Waals surface area contributed by atoms with Crippen molar-refractivity contribution in [2.45, 2.75) is 32.5 Å². The van der Waals surface area contributed by atoms with Gasteiger partial charge in [-0.25, -0.2) is 0 Å². The fourth-order valence-electron chi connectivity index (χ4n) is 2.53. The Kier molecular flexibility index (Phi) is 5.97. The average molecular weight is 318 g/mol. The van der Waals surface area contributed by atoms with Crippen molar-refractivity contribution < 1.29 is 9.47 Å². The third kappa shape index (κ3) is 4.81. The van der Waals surface area contributed by atoms with Gasteiger partial charge in [-0.05, 0) is 32.4 Å². The van der Waals surface area contributed by atoms with Gasteiger partial charge in [-0.15, -0.1) is 0 Å². The van der Waals surface area contributed by atoms with Crippen LogP contribution in [0.25, 0.3) is 0 Å². The predicted octanol–water partition coefficient (Wildman–Crippen LogP) is 3.87. The third-order valence-corrected chi connectivity index (χ3v) is 3.81. The molecule has 1 saturated heterocycles. The van der Waals surface area contributed by atoms with Gasteiger partial charge in [0.2, 0.25) is 0 Å². The molecule has 0 aromatic heterocycles. The Labute approximate surface area is 130 Å². The summed E-state index contributed by atoms with van der Waals surface area (Å²) in [5.74, 6) is 0.655. The number of benzene rings is 1. The summed E-state index contributed by atoms with van der Waals surface area (Å²) in [5, 5.41) is 1.24. The molecule has 5 heteroatoms. The smallest absolute Gasteiger partial charge is 0.139 e. The maximum absolute atomic E-state index is 6.05. The van der Waals surface area contributed by atoms with Crippen LogP contribution in [0.3, 0.4) is 0 Å². The number of nitrogens with zero attached hydrogens (tertiary/aromatic N) is 1. The molecule has 1 aromatic rings. The second-order valence-corrected chi connectivity index (χ2v) is 6.14. The molecule has 3 nitrogen and oxygen atoms in total. The Morgan fingerprint density at radius 3 is 2.65 bits per heavy atom. The van der Waals surface area contributed by atoms with Crippen LogP contribution in [-0.2, 0) is 4.74 Å². The molecule has 0 amide bonds. The lowest BCUT2D eigenvalue weighted by Crippen LogP contribution is -2.45. The van der Waals surface area contributed by atoms with E-state index in [1.165, 1.54) is 0 Å². The normalized spacial score (nSPS) is 23.8. The summed E-state index contributed by atoms with van der Waals surface area (Å²) in [7, 11) is 0. The van der Waals surface area contributed by atoms with Gasteiger partial charge in [0, 0.05) is 30.7 Å². The molecule has 1 fully saturated rings. The van der Waals surface area contributed by atoms with Gasteiger partial charge in [-0.1, -0.05) is 23.2 Å². The third-order valence-electron chi connectivity index (χ3n) is 3.26. The van der Waals surface area contributed by atoms with Gasteiger partial charge in [-0.3, -0.25) is 4.90 Å². The lowest BCUT2D eigenvalue weighted by Gasteiger charge is -2.35. The lowest BCUT2D eigenvalue weighted by atomic mass is 10.2. The van der Waals surface area contributed by atoms with E-state index in [-0.39, 0.29) is 0 Å². The summed E-state index contributed by atoms with van der Waals surface area (Å²) in [6.45, 7) is 7.86. The summed E-state index contributed by atoms with van der Waals surface area (Å²) in [5.41, 5.74) is 0. The topological polar surface area (TPSA) is 21.7 Å². The first-order chi connectivity index (χ1) is 9.54. The van der Waals surface area contributed by atoms with Gasteiger partial charge in [-0.2, -0.15) is 0 Å². The molecule has 2 atom stereocenters. The van der Waals surface area contributed by atoms with Crippen molar-refractivity contribution in [3.8, 4) is 5.75 Å². The van der Waals surface area contributed by atoms with Gasteiger partial charge < -0.3 is 9.47 Å². The number of ether oxygens (including phenoxy) is 2. The molecule has 2 rings (SSSR count). The van der Waals surface area contributed by atoms with E-state index < -0.39 is 0 Å². The van der Waals surface area contributed by atoms with E-state index in [1.807, 2.05) is 0 Å². The first-order valence-corrected chi connectivity index (χ1v) is 7.76. The molecule has 0 saturated carbocycles. The zero-order valence-corrected chi connectivity index (χ0v) is 13.5. The number of halogens is 2. The summed E-state index contributed by atoms with van der Waals surface area (Å²) < 4.78 is 11.4. The van der Waals surface area contributed by atoms with Crippen LogP contribution in [0.2, 0.25) is 10.0 Å². The van der Waals surface area contributed by atoms with Gasteiger partial charge in [0.25, 0.3) is 0 Å². The molecule has 0 aliphatic carbocycles. The van der Waals surface area contributed by atoms with Crippen LogP contribution in [0.15, 0.2) is 18.2 Å². The fourth-order valence-corrected chi connectivity index (χ4v) is 2.86. The molecule has 112 valence electrons. The van der Waals surface area contributed by atoms with E-state index in [4.69, 9.17) is 32.7 Å². The first kappa shape index (κ1) is 15.9. The zero-order valence-electron chi connectivity index (χ0n) is 11.9. The minimum atomic E-state index is 0.307. The average Bonchev–Trinajstić information content (AvgIpc) is 2.37. The first-order valence-electron chi connectivity index (χ1n) is 7.00. The van der Waals surface area contributed by atoms with Gasteiger partial charge in [0.1, 0.15) is 5.75 Å². The Hall–Kier alpha value is -0.480. The Morgan fingerprint density at radius 2 is 1.95 bits per heavy atom. The number of morpholine rings is 1. The van der Waals surface area contributed by atoms with E-state index in [1.54, 1.807) is 18.2 Å². The number of hydrogen-bond acceptors (Lipinski definition) is 3. The number of hydrogen-bond donors (Lipinski definition) is 0. The Morgan fingerprint density at radius 1 is 1.25 bits per heavy atom. The summed E-state index contributed by atoms with van der Waals surface area (Å²) in [4.78, 5) is 2.42. The summed E-state index contributed by atoms with van der Waals surface area (Å²) >= 11 is 12.0. The highest BCUT2D eigenvalue weighted by Gasteiger charge is 2.21. The van der Waals surface area contributed by atoms with Crippen LogP contribution in [-0.4, -0.2) is 43.3 Å². The molecule has 1 aliphatic heterocycles. The van der Waals surface area contributed by atoms with Gasteiger partial charge in [0.05, 0.1) is 23.8 Å². The minimum Gasteiger partial charge on any atom is -0.492 e. The molecule has 0 unspecified atom stereocenters. The van der Waals surface area contributed by atoms with Crippen molar-refractivity contribution >= 4 is 23.2 Å². The van der Waals surface area contributed by atoms with Crippen molar-refractivity contribution in [3.05, 3.63) is 28.2 Å². The zero-order chi connectivity index (χ0) is 14.5. The molecule has 1 heterocycles. The standard InChI is InChI=1S/C15H21Cl2NO2/c1-11-9-18(10-12(2)20-11)6-3-7-19-15-8-13(16)4-5-14(15)17/h4-5,8,11-12H,3,6-7,9-10H2,1-2H3/t11-,12-/m0/s1. The van der Waals surface area contributed by atoms with E-state index in [2.05, 4.69) is 18.7 Å². The van der Waals surface area contributed by atoms with Crippen LogP contribution in [0.5, 0.6) is 5.75 Å². The monoisotopic (exact) mass is 317 g/mol. The maximum Gasteiger partial charge on any atom is 0.139 e. The van der Waals surface area contributed by atoms with E-state index in [9.17, 15) is 0 Å². The molecule has 0 radical (unpaired) electrons. The van der Waals surface area contributed by atoms with Crippen LogP contribution in [0.1, 0.15) is 20.3 Å². The molecular formula is C15H21Cl2NO2. The molecule has 0 spiro atoms. The van der Waals surface area contributed by atoms with Crippen molar-refractivity contribution in [2.75, 3.05) is 26.2 Å². The summed E-state index contributed by atoms with van der Waals surface area (Å²) in [6, 6.07) is 5.26. The highest BCUT2D eigenvalue weighted by molar-refractivity contribution is 6.34.